The highest BCUT2D eigenvalue weighted by atomic mass is 19.1. The molecule has 1 heterocycles. The summed E-state index contributed by atoms with van der Waals surface area (Å²) >= 11 is 0. The van der Waals surface area contributed by atoms with E-state index in [9.17, 15) is 4.39 Å². The number of aliphatic hydroxyl groups is 1. The predicted octanol–water partition coefficient (Wildman–Crippen LogP) is 2.64. The zero-order chi connectivity index (χ0) is 14.7. The van der Waals surface area contributed by atoms with E-state index in [2.05, 4.69) is 21.9 Å². The van der Waals surface area contributed by atoms with E-state index in [1.165, 1.54) is 11.8 Å². The van der Waals surface area contributed by atoms with Gasteiger partial charge in [0.15, 0.2) is 0 Å². The maximum Gasteiger partial charge on any atom is 0.146 e. The molecule has 3 rings (SSSR count). The van der Waals surface area contributed by atoms with Gasteiger partial charge in [-0.25, -0.2) is 4.39 Å². The number of nitrogens with zero attached hydrogens (tertiary/aromatic N) is 2. The van der Waals surface area contributed by atoms with Gasteiger partial charge in [-0.15, -0.1) is 0 Å². The lowest BCUT2D eigenvalue weighted by atomic mass is 10.1. The van der Waals surface area contributed by atoms with Crippen molar-refractivity contribution in [1.82, 2.24) is 0 Å². The molecule has 1 aliphatic rings. The fourth-order valence-electron chi connectivity index (χ4n) is 2.75. The van der Waals surface area contributed by atoms with Crippen LogP contribution in [0.1, 0.15) is 5.56 Å². The first kappa shape index (κ1) is 13.9. The molecule has 0 aliphatic carbocycles. The molecule has 0 aromatic heterocycles. The minimum Gasteiger partial charge on any atom is -0.392 e. The van der Waals surface area contributed by atoms with Crippen LogP contribution in [0.3, 0.4) is 0 Å². The minimum atomic E-state index is -0.255. The Morgan fingerprint density at radius 1 is 0.905 bits per heavy atom. The van der Waals surface area contributed by atoms with Crippen LogP contribution in [-0.4, -0.2) is 31.3 Å². The summed E-state index contributed by atoms with van der Waals surface area (Å²) in [6.07, 6.45) is 0. The first-order valence-electron chi connectivity index (χ1n) is 7.22. The van der Waals surface area contributed by atoms with Gasteiger partial charge in [0.1, 0.15) is 5.82 Å². The van der Waals surface area contributed by atoms with E-state index in [0.717, 1.165) is 26.2 Å². The van der Waals surface area contributed by atoms with Crippen molar-refractivity contribution in [3.05, 3.63) is 59.9 Å². The van der Waals surface area contributed by atoms with E-state index in [0.29, 0.717) is 11.3 Å². The summed E-state index contributed by atoms with van der Waals surface area (Å²) in [6, 6.07) is 15.3. The third kappa shape index (κ3) is 3.00. The summed E-state index contributed by atoms with van der Waals surface area (Å²) in [5, 5.41) is 9.04. The summed E-state index contributed by atoms with van der Waals surface area (Å²) in [5.74, 6) is -0.255. The monoisotopic (exact) mass is 286 g/mol. The standard InChI is InChI=1S/C17H19FN2O/c18-16-12-14(13-21)6-7-17(16)20-10-8-19(9-11-20)15-4-2-1-3-5-15/h1-7,12,21H,8-11,13H2. The van der Waals surface area contributed by atoms with Crippen molar-refractivity contribution < 1.29 is 9.50 Å². The Kier molecular flexibility index (Phi) is 4.06. The molecule has 0 bridgehead atoms. The van der Waals surface area contributed by atoms with E-state index < -0.39 is 0 Å². The number of hydrogen-bond donors (Lipinski definition) is 1. The molecule has 21 heavy (non-hydrogen) atoms. The smallest absolute Gasteiger partial charge is 0.146 e. The number of aliphatic hydroxyl groups excluding tert-OH is 1. The Labute approximate surface area is 124 Å². The molecule has 110 valence electrons. The van der Waals surface area contributed by atoms with Gasteiger partial charge in [-0.05, 0) is 29.8 Å². The SMILES string of the molecule is OCc1ccc(N2CCN(c3ccccc3)CC2)c(F)c1. The van der Waals surface area contributed by atoms with Crippen LogP contribution in [0, 0.1) is 5.82 Å². The van der Waals surface area contributed by atoms with Crippen LogP contribution in [0.2, 0.25) is 0 Å². The summed E-state index contributed by atoms with van der Waals surface area (Å²) in [6.45, 7) is 3.23. The van der Waals surface area contributed by atoms with Crippen LogP contribution in [-0.2, 0) is 6.61 Å². The molecule has 0 radical (unpaired) electrons. The number of para-hydroxylation sites is 1. The highest BCUT2D eigenvalue weighted by Crippen LogP contribution is 2.23. The first-order chi connectivity index (χ1) is 10.3. The number of anilines is 2. The fourth-order valence-corrected chi connectivity index (χ4v) is 2.75. The van der Waals surface area contributed by atoms with E-state index >= 15 is 0 Å². The molecule has 1 saturated heterocycles. The van der Waals surface area contributed by atoms with Crippen molar-refractivity contribution in [3.8, 4) is 0 Å². The lowest BCUT2D eigenvalue weighted by Gasteiger charge is -2.37. The van der Waals surface area contributed by atoms with Crippen LogP contribution in [0.15, 0.2) is 48.5 Å². The summed E-state index contributed by atoms with van der Waals surface area (Å²) in [4.78, 5) is 4.38. The third-order valence-electron chi connectivity index (χ3n) is 3.94. The summed E-state index contributed by atoms with van der Waals surface area (Å²) < 4.78 is 14.1. The van der Waals surface area contributed by atoms with Crippen molar-refractivity contribution in [3.63, 3.8) is 0 Å². The molecule has 0 spiro atoms. The Balaban J connectivity index is 1.68. The molecule has 2 aromatic carbocycles. The largest absolute Gasteiger partial charge is 0.392 e. The number of halogens is 1. The van der Waals surface area contributed by atoms with Crippen LogP contribution in [0.25, 0.3) is 0 Å². The van der Waals surface area contributed by atoms with Crippen molar-refractivity contribution in [2.75, 3.05) is 36.0 Å². The molecule has 4 heteroatoms. The second kappa shape index (κ2) is 6.14. The molecule has 2 aromatic rings. The van der Waals surface area contributed by atoms with Gasteiger partial charge < -0.3 is 14.9 Å². The number of rotatable bonds is 3. The Hall–Kier alpha value is -2.07. The van der Waals surface area contributed by atoms with Crippen LogP contribution < -0.4 is 9.80 Å². The van der Waals surface area contributed by atoms with E-state index in [1.807, 2.05) is 18.2 Å². The van der Waals surface area contributed by atoms with Crippen LogP contribution in [0.4, 0.5) is 15.8 Å². The minimum absolute atomic E-state index is 0.126. The highest BCUT2D eigenvalue weighted by molar-refractivity contribution is 5.53. The van der Waals surface area contributed by atoms with Gasteiger partial charge in [0.25, 0.3) is 0 Å². The molecule has 1 fully saturated rings. The zero-order valence-corrected chi connectivity index (χ0v) is 11.9. The normalized spacial score (nSPS) is 15.3. The Bertz CT molecular complexity index is 595. The molecule has 1 aliphatic heterocycles. The number of hydrogen-bond acceptors (Lipinski definition) is 3. The molecular formula is C17H19FN2O. The molecule has 3 nitrogen and oxygen atoms in total. The third-order valence-corrected chi connectivity index (χ3v) is 3.94. The van der Waals surface area contributed by atoms with Gasteiger partial charge in [-0.1, -0.05) is 24.3 Å². The summed E-state index contributed by atoms with van der Waals surface area (Å²) in [7, 11) is 0. The number of benzene rings is 2. The predicted molar refractivity (Wildman–Crippen MR) is 83.2 cm³/mol. The lowest BCUT2D eigenvalue weighted by Crippen LogP contribution is -2.46. The average Bonchev–Trinajstić information content (AvgIpc) is 2.56. The Morgan fingerprint density at radius 2 is 1.57 bits per heavy atom. The maximum atomic E-state index is 14.1. The van der Waals surface area contributed by atoms with Crippen LogP contribution in [0.5, 0.6) is 0 Å². The van der Waals surface area contributed by atoms with Crippen LogP contribution >= 0.6 is 0 Å². The molecule has 0 amide bonds. The fraction of sp³-hybridized carbons (Fsp3) is 0.294. The Morgan fingerprint density at radius 3 is 2.19 bits per heavy atom. The molecular weight excluding hydrogens is 267 g/mol. The van der Waals surface area contributed by atoms with Gasteiger partial charge in [0.2, 0.25) is 0 Å². The quantitative estimate of drug-likeness (QED) is 0.939. The zero-order valence-electron chi connectivity index (χ0n) is 11.9. The highest BCUT2D eigenvalue weighted by Gasteiger charge is 2.19. The molecule has 0 saturated carbocycles. The van der Waals surface area contributed by atoms with Gasteiger partial charge >= 0.3 is 0 Å². The summed E-state index contributed by atoms with van der Waals surface area (Å²) in [5.41, 5.74) is 2.45. The molecule has 0 unspecified atom stereocenters. The molecule has 1 N–H and O–H groups in total. The first-order valence-corrected chi connectivity index (χ1v) is 7.22. The van der Waals surface area contributed by atoms with Crippen molar-refractivity contribution in [2.24, 2.45) is 0 Å². The topological polar surface area (TPSA) is 26.7 Å². The van der Waals surface area contributed by atoms with Gasteiger partial charge in [0.05, 0.1) is 12.3 Å². The van der Waals surface area contributed by atoms with Gasteiger partial charge in [-0.2, -0.15) is 0 Å². The average molecular weight is 286 g/mol. The van der Waals surface area contributed by atoms with Crippen molar-refractivity contribution in [2.45, 2.75) is 6.61 Å². The number of piperazine rings is 1. The van der Waals surface area contributed by atoms with Gasteiger partial charge in [0, 0.05) is 31.9 Å². The maximum absolute atomic E-state index is 14.1. The van der Waals surface area contributed by atoms with Crippen molar-refractivity contribution in [1.29, 1.82) is 0 Å². The van der Waals surface area contributed by atoms with E-state index in [-0.39, 0.29) is 12.4 Å². The van der Waals surface area contributed by atoms with Gasteiger partial charge in [-0.3, -0.25) is 0 Å². The van der Waals surface area contributed by atoms with E-state index in [1.54, 1.807) is 12.1 Å². The second-order valence-electron chi connectivity index (χ2n) is 5.25. The van der Waals surface area contributed by atoms with Crippen molar-refractivity contribution >= 4 is 11.4 Å². The lowest BCUT2D eigenvalue weighted by molar-refractivity contribution is 0.281. The second-order valence-corrected chi connectivity index (χ2v) is 5.25. The molecule has 0 atom stereocenters. The van der Waals surface area contributed by atoms with E-state index in [4.69, 9.17) is 5.11 Å².